The Hall–Kier alpha value is -3.37. The first kappa shape index (κ1) is 48.6. The fraction of sp³-hybridized carbons (Fsp3) is 0.812. The summed E-state index contributed by atoms with van der Waals surface area (Å²) in [7, 11) is 0. The van der Waals surface area contributed by atoms with E-state index < -0.39 is 92.5 Å². The van der Waals surface area contributed by atoms with Gasteiger partial charge in [0.2, 0.25) is 0 Å². The van der Waals surface area contributed by atoms with Crippen LogP contribution in [0.3, 0.4) is 0 Å². The predicted octanol–water partition coefficient (Wildman–Crippen LogP) is 2.02. The van der Waals surface area contributed by atoms with Crippen molar-refractivity contribution < 1.29 is 73.1 Å². The summed E-state index contributed by atoms with van der Waals surface area (Å²) in [6.45, 7) is 12.9. The van der Waals surface area contributed by atoms with Crippen LogP contribution in [-0.2, 0) is 54.1 Å². The Balaban J connectivity index is 0.971. The largest absolute Gasteiger partial charge is 0.463 e. The van der Waals surface area contributed by atoms with Crippen molar-refractivity contribution in [3.8, 4) is 0 Å². The smallest absolute Gasteiger partial charge is 0.303 e. The van der Waals surface area contributed by atoms with Gasteiger partial charge in [0.25, 0.3) is 0 Å². The number of allylic oxidation sites excluding steroid dienone is 2. The van der Waals surface area contributed by atoms with Gasteiger partial charge in [0, 0.05) is 45.8 Å². The minimum Gasteiger partial charge on any atom is -0.463 e. The summed E-state index contributed by atoms with van der Waals surface area (Å²) in [5.74, 6) is 0.0535. The third-order valence-corrected chi connectivity index (χ3v) is 17.1. The number of ether oxygens (including phenoxy) is 7. The van der Waals surface area contributed by atoms with Crippen LogP contribution in [0.1, 0.15) is 112 Å². The number of aromatic nitrogens is 3. The van der Waals surface area contributed by atoms with Gasteiger partial charge in [-0.05, 0) is 93.0 Å². The lowest BCUT2D eigenvalue weighted by atomic mass is 9.56. The fourth-order valence-corrected chi connectivity index (χ4v) is 14.0. The molecule has 0 unspecified atom stereocenters. The van der Waals surface area contributed by atoms with E-state index in [0.29, 0.717) is 35.9 Å². The molecule has 0 amide bonds. The van der Waals surface area contributed by atoms with Gasteiger partial charge in [-0.1, -0.05) is 43.2 Å². The van der Waals surface area contributed by atoms with Gasteiger partial charge in [-0.2, -0.15) is 0 Å². The molecule has 4 aliphatic heterocycles. The number of carbonyl (C=O) groups is 3. The number of rotatable bonds is 10. The lowest BCUT2D eigenvalue weighted by Gasteiger charge is -2.49. The Bertz CT molecular complexity index is 2100. The summed E-state index contributed by atoms with van der Waals surface area (Å²) >= 11 is 0. The van der Waals surface area contributed by atoms with Crippen molar-refractivity contribution in [3.63, 3.8) is 0 Å². The van der Waals surface area contributed by atoms with Gasteiger partial charge >= 0.3 is 17.9 Å². The molecule has 1 spiro atoms. The lowest BCUT2D eigenvalue weighted by molar-refractivity contribution is -0.348. The highest BCUT2D eigenvalue weighted by atomic mass is 16.7. The molecule has 9 rings (SSSR count). The zero-order chi connectivity index (χ0) is 47.9. The number of aliphatic hydroxyl groups excluding tert-OH is 5. The first-order chi connectivity index (χ1) is 31.8. The average Bonchev–Trinajstić information content (AvgIpc) is 3.98. The molecular formula is C48H70N4O15. The van der Waals surface area contributed by atoms with Crippen LogP contribution in [0.2, 0.25) is 0 Å². The molecule has 19 heteroatoms. The van der Waals surface area contributed by atoms with E-state index in [9.17, 15) is 39.9 Å². The quantitative estimate of drug-likeness (QED) is 0.128. The maximum absolute atomic E-state index is 12.8. The van der Waals surface area contributed by atoms with Crippen LogP contribution in [-0.4, -0.2) is 162 Å². The minimum atomic E-state index is -1.85. The summed E-state index contributed by atoms with van der Waals surface area (Å²) in [5, 5.41) is 61.3. The van der Waals surface area contributed by atoms with E-state index in [-0.39, 0.29) is 35.2 Å². The molecule has 2 saturated carbocycles. The number of aliphatic hydroxyl groups is 5. The molecule has 20 atom stereocenters. The molecular weight excluding hydrogens is 873 g/mol. The molecule has 4 saturated heterocycles. The zero-order valence-corrected chi connectivity index (χ0v) is 39.6. The van der Waals surface area contributed by atoms with Crippen LogP contribution in [0.15, 0.2) is 29.0 Å². The molecule has 372 valence electrons. The van der Waals surface area contributed by atoms with E-state index in [1.165, 1.54) is 29.7 Å². The molecule has 0 aromatic carbocycles. The molecule has 1 aromatic rings. The van der Waals surface area contributed by atoms with E-state index in [1.807, 2.05) is 0 Å². The molecule has 8 aliphatic rings. The second-order valence-electron chi connectivity index (χ2n) is 21.1. The minimum absolute atomic E-state index is 0.0115. The van der Waals surface area contributed by atoms with Crippen LogP contribution in [0.25, 0.3) is 0 Å². The fourth-order valence-electron chi connectivity index (χ4n) is 14.0. The van der Waals surface area contributed by atoms with Gasteiger partial charge in [0.05, 0.1) is 36.3 Å². The number of hydrogen-bond acceptors (Lipinski definition) is 18. The Morgan fingerprint density at radius 3 is 2.37 bits per heavy atom. The summed E-state index contributed by atoms with van der Waals surface area (Å²) in [6.07, 6.45) is -3.54. The maximum Gasteiger partial charge on any atom is 0.303 e. The molecule has 0 bridgehead atoms. The van der Waals surface area contributed by atoms with Crippen molar-refractivity contribution >= 4 is 17.9 Å². The van der Waals surface area contributed by atoms with Gasteiger partial charge in [0.15, 0.2) is 24.7 Å². The third-order valence-electron chi connectivity index (χ3n) is 17.1. The first-order valence-corrected chi connectivity index (χ1v) is 24.3. The normalized spacial score (nSPS) is 45.1. The van der Waals surface area contributed by atoms with Crippen molar-refractivity contribution in [1.29, 1.82) is 0 Å². The van der Waals surface area contributed by atoms with Gasteiger partial charge in [-0.25, -0.2) is 4.68 Å². The number of carbonyl (C=O) groups excluding carboxylic acids is 3. The number of hydrogen-bond donors (Lipinski definition) is 5. The van der Waals surface area contributed by atoms with E-state index in [2.05, 4.69) is 49.0 Å². The lowest BCUT2D eigenvalue weighted by Crippen LogP contribution is -2.64. The van der Waals surface area contributed by atoms with Crippen LogP contribution in [0, 0.1) is 35.0 Å². The summed E-state index contributed by atoms with van der Waals surface area (Å²) in [6, 6.07) is 0.101. The molecule has 19 nitrogen and oxygen atoms in total. The van der Waals surface area contributed by atoms with Crippen LogP contribution >= 0.6 is 0 Å². The van der Waals surface area contributed by atoms with Crippen molar-refractivity contribution in [2.75, 3.05) is 19.8 Å². The highest BCUT2D eigenvalue weighted by Crippen LogP contribution is 2.65. The summed E-state index contributed by atoms with van der Waals surface area (Å²) in [4.78, 5) is 40.1. The zero-order valence-electron chi connectivity index (χ0n) is 39.6. The Morgan fingerprint density at radius 2 is 1.66 bits per heavy atom. The van der Waals surface area contributed by atoms with Crippen LogP contribution in [0.5, 0.6) is 0 Å². The highest BCUT2D eigenvalue weighted by Gasteiger charge is 2.62. The first-order valence-electron chi connectivity index (χ1n) is 24.3. The van der Waals surface area contributed by atoms with Crippen LogP contribution < -0.4 is 0 Å². The Morgan fingerprint density at radius 1 is 0.910 bits per heavy atom. The second-order valence-corrected chi connectivity index (χ2v) is 21.1. The average molecular weight is 943 g/mol. The van der Waals surface area contributed by atoms with E-state index >= 15 is 0 Å². The van der Waals surface area contributed by atoms with Crippen molar-refractivity contribution in [2.45, 2.75) is 192 Å². The van der Waals surface area contributed by atoms with E-state index in [4.69, 9.17) is 33.2 Å². The van der Waals surface area contributed by atoms with Gasteiger partial charge in [-0.3, -0.25) is 19.3 Å². The molecule has 0 radical (unpaired) electrons. The van der Waals surface area contributed by atoms with Gasteiger partial charge < -0.3 is 58.7 Å². The standard InChI is InChI=1S/C48H70N4O15/c1-22-14-35-38(24(3)48(67-35)13-11-31-32-9-8-28-15-30(57)10-12-47(28,7)34(32)16-33(31)23(48)2)51(17-22)18-29-19-52(50-49-29)45-44(63-27(6)56)43(62-26(5)55)42(37(64-45)21-61-25(4)54)66-46-41(60)40(59)39(58)36(20-53)65-46/h8,19,22,24,30-32,34-46,53,57-60H,9-18,20-21H2,1-7H3/t22-,24+,30-,31-,32-,34-,35+,36+,37+,38-,39+,40-,41+,42+,43-,44+,45+,46-,47-,48-/m0/s1. The molecule has 4 aliphatic carbocycles. The third kappa shape index (κ3) is 8.70. The SMILES string of the molecule is CC(=O)OC[C@H]1O[C@@H](n2cc(CN3C[C@@H](C)C[C@H]4O[C@]5(CC[C@@H]6C(=C5C)C[C@H]5[C@H]6CC=C6C[C@@H](O)CC[C@@]65C)[C@H](C)[C@@H]43)nn2)[C@H](OC(C)=O)[C@@H](OC(C)=O)[C@@H]1O[C@@H]1O[C@H](CO)[C@@H](O)[C@H](O)[C@H]1O. The van der Waals surface area contributed by atoms with Gasteiger partial charge in [-0.15, -0.1) is 5.10 Å². The van der Waals surface area contributed by atoms with Crippen LogP contribution in [0.4, 0.5) is 0 Å². The number of likely N-dealkylation sites (tertiary alicyclic amines) is 1. The number of piperidine rings is 1. The summed E-state index contributed by atoms with van der Waals surface area (Å²) < 4.78 is 43.9. The summed E-state index contributed by atoms with van der Waals surface area (Å²) in [5.41, 5.74) is 4.84. The molecule has 67 heavy (non-hydrogen) atoms. The number of esters is 3. The second kappa shape index (κ2) is 18.8. The van der Waals surface area contributed by atoms with Gasteiger partial charge in [0.1, 0.15) is 43.2 Å². The topological polar surface area (TPSA) is 251 Å². The van der Waals surface area contributed by atoms with E-state index in [0.717, 1.165) is 64.8 Å². The molecule has 5 N–H and O–H groups in total. The number of nitrogens with zero attached hydrogens (tertiary/aromatic N) is 4. The Labute approximate surface area is 391 Å². The van der Waals surface area contributed by atoms with E-state index in [1.54, 1.807) is 11.8 Å². The van der Waals surface area contributed by atoms with Crippen molar-refractivity contribution in [1.82, 2.24) is 19.9 Å². The molecule has 5 heterocycles. The molecule has 1 aromatic heterocycles. The maximum atomic E-state index is 12.8. The van der Waals surface area contributed by atoms with Crippen molar-refractivity contribution in [2.24, 2.45) is 35.0 Å². The predicted molar refractivity (Wildman–Crippen MR) is 233 cm³/mol. The van der Waals surface area contributed by atoms with Crippen molar-refractivity contribution in [3.05, 3.63) is 34.7 Å². The highest BCUT2D eigenvalue weighted by molar-refractivity contribution is 5.67. The number of fused-ring (bicyclic) bond motifs is 6. The monoisotopic (exact) mass is 942 g/mol. The Kier molecular flexibility index (Phi) is 13.6. The molecule has 6 fully saturated rings.